The number of amides is 3. The van der Waals surface area contributed by atoms with Crippen molar-refractivity contribution in [2.24, 2.45) is 23.7 Å². The van der Waals surface area contributed by atoms with Gasteiger partial charge in [0, 0.05) is 6.42 Å². The van der Waals surface area contributed by atoms with Crippen LogP contribution in [0.4, 0.5) is 0 Å². The van der Waals surface area contributed by atoms with Crippen LogP contribution in [0.15, 0.2) is 0 Å². The van der Waals surface area contributed by atoms with E-state index in [4.69, 9.17) is 5.11 Å². The minimum atomic E-state index is -1.40. The van der Waals surface area contributed by atoms with Crippen LogP contribution in [0.25, 0.3) is 0 Å². The third-order valence-corrected chi connectivity index (χ3v) is 7.80. The van der Waals surface area contributed by atoms with Gasteiger partial charge < -0.3 is 36.6 Å². The first kappa shape index (κ1) is 31.5. The summed E-state index contributed by atoms with van der Waals surface area (Å²) in [6.45, 7) is 6.47. The fourth-order valence-electron chi connectivity index (χ4n) is 5.59. The van der Waals surface area contributed by atoms with Gasteiger partial charge in [0.25, 0.3) is 0 Å². The number of aliphatic hydroxyl groups is 1. The van der Waals surface area contributed by atoms with Crippen molar-refractivity contribution >= 4 is 29.7 Å². The van der Waals surface area contributed by atoms with Crippen molar-refractivity contribution in [2.75, 3.05) is 6.54 Å². The second-order valence-corrected chi connectivity index (χ2v) is 11.2. The maximum Gasteiger partial charge on any atom is 0.326 e. The maximum atomic E-state index is 13.0. The van der Waals surface area contributed by atoms with E-state index in [1.807, 2.05) is 0 Å². The van der Waals surface area contributed by atoms with Crippen LogP contribution in [-0.2, 0) is 24.0 Å². The Hall–Kier alpha value is -2.73. The second kappa shape index (κ2) is 14.4. The highest BCUT2D eigenvalue weighted by Crippen LogP contribution is 2.49. The largest absolute Gasteiger partial charge is 0.481 e. The minimum absolute atomic E-state index is 0.0105. The van der Waals surface area contributed by atoms with Crippen molar-refractivity contribution in [2.45, 2.75) is 103 Å². The molecule has 12 heteroatoms. The number of hydrogen-bond donors (Lipinski definition) is 7. The van der Waals surface area contributed by atoms with Crippen molar-refractivity contribution in [1.29, 1.82) is 0 Å². The van der Waals surface area contributed by atoms with Crippen molar-refractivity contribution < 1.29 is 39.3 Å². The van der Waals surface area contributed by atoms with E-state index in [9.17, 15) is 34.2 Å². The number of aliphatic carboxylic acids is 2. The van der Waals surface area contributed by atoms with Crippen LogP contribution >= 0.6 is 0 Å². The van der Waals surface area contributed by atoms with Gasteiger partial charge in [0.1, 0.15) is 18.1 Å². The number of carboxylic acid groups (broad SMARTS) is 2. The van der Waals surface area contributed by atoms with Crippen LogP contribution in [-0.4, -0.2) is 81.8 Å². The zero-order chi connectivity index (χ0) is 28.6. The Labute approximate surface area is 223 Å². The molecule has 216 valence electrons. The smallest absolute Gasteiger partial charge is 0.326 e. The van der Waals surface area contributed by atoms with Crippen LogP contribution in [0.3, 0.4) is 0 Å². The highest BCUT2D eigenvalue weighted by Gasteiger charge is 2.39. The molecule has 2 saturated carbocycles. The van der Waals surface area contributed by atoms with E-state index in [1.165, 1.54) is 39.5 Å². The minimum Gasteiger partial charge on any atom is -0.481 e. The highest BCUT2D eigenvalue weighted by molar-refractivity contribution is 5.94. The number of rotatable bonds is 16. The lowest BCUT2D eigenvalue weighted by atomic mass is 9.86. The molecule has 2 aliphatic rings. The van der Waals surface area contributed by atoms with Gasteiger partial charge in [-0.3, -0.25) is 19.2 Å². The average Bonchev–Trinajstić information content (AvgIpc) is 3.45. The third-order valence-electron chi connectivity index (χ3n) is 7.80. The molecular weight excluding hydrogens is 496 g/mol. The lowest BCUT2D eigenvalue weighted by Crippen LogP contribution is -2.59. The molecule has 8 atom stereocenters. The molecule has 2 rings (SSSR count). The summed E-state index contributed by atoms with van der Waals surface area (Å²) in [4.78, 5) is 60.8. The molecule has 38 heavy (non-hydrogen) atoms. The Morgan fingerprint density at radius 1 is 0.842 bits per heavy atom. The first-order valence-corrected chi connectivity index (χ1v) is 13.6. The van der Waals surface area contributed by atoms with Gasteiger partial charge in [0.15, 0.2) is 0 Å². The number of fused-ring (bicyclic) bond motifs is 2. The van der Waals surface area contributed by atoms with Gasteiger partial charge in [-0.15, -0.1) is 0 Å². The topological polar surface area (TPSA) is 194 Å². The molecule has 1 unspecified atom stereocenters. The molecule has 0 aliphatic heterocycles. The second-order valence-electron chi connectivity index (χ2n) is 11.2. The van der Waals surface area contributed by atoms with Crippen molar-refractivity contribution in [3.05, 3.63) is 0 Å². The van der Waals surface area contributed by atoms with Crippen LogP contribution in [0.2, 0.25) is 0 Å². The van der Waals surface area contributed by atoms with Crippen molar-refractivity contribution in [1.82, 2.24) is 21.3 Å². The standard InChI is InChI=1S/C26H44N4O8/c1-13(2)21(26(37)38)29-23(34)14(3)28-25(36)22(15(4)31)30-24(35)19(7-8-20(32)33)27-10-9-18-12-16-5-6-17(18)11-16/h13-19,21-22,27,31H,5-12H2,1-4H3,(H,28,36)(H,29,34)(H,30,35)(H,32,33)(H,37,38)/t14-,15+,16+,17-,18?,19-,21-,22-/m0/s1. The van der Waals surface area contributed by atoms with Crippen molar-refractivity contribution in [3.63, 3.8) is 0 Å². The summed E-state index contributed by atoms with van der Waals surface area (Å²) in [7, 11) is 0. The molecule has 2 aliphatic carbocycles. The molecule has 0 aromatic heterocycles. The Kier molecular flexibility index (Phi) is 12.0. The molecule has 0 heterocycles. The van der Waals surface area contributed by atoms with Crippen molar-refractivity contribution in [3.8, 4) is 0 Å². The van der Waals surface area contributed by atoms with Crippen LogP contribution < -0.4 is 21.3 Å². The molecule has 2 bridgehead atoms. The predicted octanol–water partition coefficient (Wildman–Crippen LogP) is 0.231. The molecule has 12 nitrogen and oxygen atoms in total. The third kappa shape index (κ3) is 9.23. The molecule has 0 radical (unpaired) electrons. The van der Waals surface area contributed by atoms with E-state index in [0.717, 1.165) is 18.3 Å². The fourth-order valence-corrected chi connectivity index (χ4v) is 5.59. The number of carboxylic acids is 2. The molecule has 3 amide bonds. The monoisotopic (exact) mass is 540 g/mol. The quantitative estimate of drug-likeness (QED) is 0.143. The summed E-state index contributed by atoms with van der Waals surface area (Å²) in [5.74, 6) is -2.70. The van der Waals surface area contributed by atoms with Crippen LogP contribution in [0, 0.1) is 23.7 Å². The van der Waals surface area contributed by atoms with E-state index in [2.05, 4.69) is 21.3 Å². The van der Waals surface area contributed by atoms with E-state index >= 15 is 0 Å². The lowest BCUT2D eigenvalue weighted by Gasteiger charge is -2.27. The summed E-state index contributed by atoms with van der Waals surface area (Å²) in [5.41, 5.74) is 0. The number of nitrogens with one attached hydrogen (secondary N) is 4. The average molecular weight is 541 g/mol. The molecule has 0 aromatic carbocycles. The van der Waals surface area contributed by atoms with Gasteiger partial charge in [0.2, 0.25) is 17.7 Å². The van der Waals surface area contributed by atoms with Gasteiger partial charge in [-0.2, -0.15) is 0 Å². The summed E-state index contributed by atoms with van der Waals surface area (Å²) in [5, 5.41) is 39.0. The zero-order valence-corrected chi connectivity index (χ0v) is 22.7. The van der Waals surface area contributed by atoms with E-state index in [0.29, 0.717) is 12.5 Å². The highest BCUT2D eigenvalue weighted by atomic mass is 16.4. The SMILES string of the molecule is CC(C)[C@H](NC(=O)[C@H](C)NC(=O)[C@@H](NC(=O)[C@H](CCC(=O)O)NCCC1C[C@@H]2CC[C@H]1C2)[C@@H](C)O)C(=O)O. The van der Waals surface area contributed by atoms with Gasteiger partial charge in [-0.1, -0.05) is 20.3 Å². The zero-order valence-electron chi connectivity index (χ0n) is 22.7. The fraction of sp³-hybridized carbons (Fsp3) is 0.808. The molecule has 2 fully saturated rings. The number of carbonyl (C=O) groups is 5. The van der Waals surface area contributed by atoms with Gasteiger partial charge in [-0.05, 0) is 76.2 Å². The van der Waals surface area contributed by atoms with E-state index in [1.54, 1.807) is 13.8 Å². The summed E-state index contributed by atoms with van der Waals surface area (Å²) < 4.78 is 0. The summed E-state index contributed by atoms with van der Waals surface area (Å²) >= 11 is 0. The number of carbonyl (C=O) groups excluding carboxylic acids is 3. The van der Waals surface area contributed by atoms with Crippen LogP contribution in [0.1, 0.15) is 72.6 Å². The van der Waals surface area contributed by atoms with Gasteiger partial charge in [0.05, 0.1) is 12.1 Å². The summed E-state index contributed by atoms with van der Waals surface area (Å²) in [6, 6.07) is -4.56. The molecule has 0 aromatic rings. The molecule has 0 saturated heterocycles. The Morgan fingerprint density at radius 2 is 1.50 bits per heavy atom. The maximum absolute atomic E-state index is 13.0. The molecular formula is C26H44N4O8. The normalized spacial score (nSPS) is 24.2. The van der Waals surface area contributed by atoms with Crippen LogP contribution in [0.5, 0.6) is 0 Å². The number of hydrogen-bond acceptors (Lipinski definition) is 7. The van der Waals surface area contributed by atoms with Gasteiger partial charge >= 0.3 is 11.9 Å². The first-order valence-electron chi connectivity index (χ1n) is 13.6. The Morgan fingerprint density at radius 3 is 2.00 bits per heavy atom. The Balaban J connectivity index is 1.95. The van der Waals surface area contributed by atoms with Gasteiger partial charge in [-0.25, -0.2) is 4.79 Å². The Bertz CT molecular complexity index is 864. The molecule has 0 spiro atoms. The summed E-state index contributed by atoms with van der Waals surface area (Å²) in [6.07, 6.45) is 4.33. The molecule has 7 N–H and O–H groups in total. The lowest BCUT2D eigenvalue weighted by molar-refractivity contribution is -0.143. The van der Waals surface area contributed by atoms with E-state index in [-0.39, 0.29) is 18.8 Å². The van der Waals surface area contributed by atoms with E-state index < -0.39 is 59.9 Å². The first-order chi connectivity index (χ1) is 17.8. The predicted molar refractivity (Wildman–Crippen MR) is 138 cm³/mol. The number of aliphatic hydroxyl groups excluding tert-OH is 1.